The van der Waals surface area contributed by atoms with Crippen molar-refractivity contribution in [3.05, 3.63) is 107 Å². The van der Waals surface area contributed by atoms with Gasteiger partial charge in [0.25, 0.3) is 0 Å². The molecule has 4 N–H and O–H groups in total. The third kappa shape index (κ3) is 4.82. The van der Waals surface area contributed by atoms with Crippen LogP contribution in [0.4, 0.5) is 0 Å². The average molecular weight is 718 g/mol. The van der Waals surface area contributed by atoms with Gasteiger partial charge in [-0.15, -0.1) is 11.3 Å². The van der Waals surface area contributed by atoms with E-state index in [1.54, 1.807) is 11.3 Å². The quantitative estimate of drug-likeness (QED) is 0.105. The number of thiophene rings is 1. The van der Waals surface area contributed by atoms with Gasteiger partial charge in [-0.1, -0.05) is 92.7 Å². The molecule has 1 heterocycles. The summed E-state index contributed by atoms with van der Waals surface area (Å²) in [5.74, 6) is 0.355. The number of allylic oxidation sites excluding steroid dienone is 4. The standard InChI is InChI=1S/C45H51NO5S/c1-41-17-14-32(48)23-43(41)20-21-45(35(24-43)40(50)37-22-30-9-4-6-13-36(30)52-37)38(41)15-18-42(2)39(45)16-19-44(42,51)28-46(26-33(49)27-47)25-31-11-7-10-29-8-3-5-12-34(29)31/h3-13,20-22,24,32-33,38-39,47-49,51H,14-19,23,25-28H2,1-2H3. The molecular formula is C45H51NO5S. The van der Waals surface area contributed by atoms with E-state index in [2.05, 4.69) is 85.5 Å². The number of nitrogens with zero attached hydrogens (tertiary/aromatic N) is 1. The Morgan fingerprint density at radius 3 is 2.42 bits per heavy atom. The molecule has 0 aliphatic heterocycles. The highest BCUT2D eigenvalue weighted by Crippen LogP contribution is 2.78. The molecular weight excluding hydrogens is 667 g/mol. The number of hydrogen-bond donors (Lipinski definition) is 4. The Hall–Kier alpha value is -3.17. The van der Waals surface area contributed by atoms with Crippen LogP contribution in [0.2, 0.25) is 0 Å². The van der Waals surface area contributed by atoms with Gasteiger partial charge < -0.3 is 20.4 Å². The fraction of sp³-hybridized carbons (Fsp3) is 0.489. The highest BCUT2D eigenvalue weighted by molar-refractivity contribution is 7.21. The van der Waals surface area contributed by atoms with E-state index in [4.69, 9.17) is 0 Å². The third-order valence-corrected chi connectivity index (χ3v) is 16.2. The number of fused-ring (bicyclic) bond motifs is 3. The van der Waals surface area contributed by atoms with Gasteiger partial charge in [0.15, 0.2) is 5.78 Å². The minimum absolute atomic E-state index is 0.0359. The van der Waals surface area contributed by atoms with Crippen LogP contribution in [0.25, 0.3) is 20.9 Å². The first-order chi connectivity index (χ1) is 25.0. The predicted octanol–water partition coefficient (Wildman–Crippen LogP) is 7.68. The van der Waals surface area contributed by atoms with Crippen molar-refractivity contribution in [2.24, 2.45) is 33.5 Å². The Labute approximate surface area is 310 Å². The molecule has 7 heteroatoms. The number of rotatable bonds is 9. The third-order valence-electron chi connectivity index (χ3n) is 15.0. The number of carbonyl (C=O) groups is 1. The van der Waals surface area contributed by atoms with Gasteiger partial charge in [-0.05, 0) is 96.1 Å². The van der Waals surface area contributed by atoms with E-state index in [9.17, 15) is 20.4 Å². The highest BCUT2D eigenvalue weighted by atomic mass is 32.1. The van der Waals surface area contributed by atoms with Crippen molar-refractivity contribution < 1.29 is 25.2 Å². The molecule has 2 spiro atoms. The van der Waals surface area contributed by atoms with E-state index in [1.165, 1.54) is 0 Å². The minimum atomic E-state index is -1.08. The van der Waals surface area contributed by atoms with Gasteiger partial charge in [0.05, 0.1) is 29.3 Å². The Morgan fingerprint density at radius 1 is 0.904 bits per heavy atom. The minimum Gasteiger partial charge on any atom is -0.394 e. The summed E-state index contributed by atoms with van der Waals surface area (Å²) in [6.07, 6.45) is 11.2. The summed E-state index contributed by atoms with van der Waals surface area (Å²) in [6, 6.07) is 24.8. The van der Waals surface area contributed by atoms with Crippen molar-refractivity contribution in [2.75, 3.05) is 19.7 Å². The van der Waals surface area contributed by atoms with Gasteiger partial charge in [-0.2, -0.15) is 0 Å². The molecule has 6 aliphatic carbocycles. The topological polar surface area (TPSA) is 101 Å². The van der Waals surface area contributed by atoms with Gasteiger partial charge in [0, 0.05) is 46.2 Å². The van der Waals surface area contributed by atoms with E-state index >= 15 is 4.79 Å². The Morgan fingerprint density at radius 2 is 1.62 bits per heavy atom. The van der Waals surface area contributed by atoms with Crippen LogP contribution in [-0.4, -0.2) is 68.6 Å². The zero-order chi connectivity index (χ0) is 36.1. The number of hydrogen-bond acceptors (Lipinski definition) is 7. The van der Waals surface area contributed by atoms with Crippen LogP contribution in [-0.2, 0) is 6.54 Å². The molecule has 3 saturated carbocycles. The van der Waals surface area contributed by atoms with Crippen LogP contribution in [0, 0.1) is 33.5 Å². The summed E-state index contributed by atoms with van der Waals surface area (Å²) in [5.41, 5.74) is -0.589. The molecule has 52 heavy (non-hydrogen) atoms. The van der Waals surface area contributed by atoms with E-state index in [-0.39, 0.29) is 41.6 Å². The van der Waals surface area contributed by atoms with Crippen LogP contribution >= 0.6 is 11.3 Å². The second-order valence-electron chi connectivity index (χ2n) is 17.4. The number of aliphatic hydroxyl groups is 4. The van der Waals surface area contributed by atoms with E-state index in [0.29, 0.717) is 25.9 Å². The lowest BCUT2D eigenvalue weighted by Crippen LogP contribution is -2.67. The molecule has 3 aromatic carbocycles. The molecule has 1 aromatic heterocycles. The van der Waals surface area contributed by atoms with Crippen molar-refractivity contribution in [3.63, 3.8) is 0 Å². The zero-order valence-corrected chi connectivity index (χ0v) is 31.1. The second kappa shape index (κ2) is 12.2. The molecule has 4 aromatic rings. The largest absolute Gasteiger partial charge is 0.394 e. The van der Waals surface area contributed by atoms with Crippen molar-refractivity contribution in [3.8, 4) is 0 Å². The first kappa shape index (κ1) is 34.6. The maximum absolute atomic E-state index is 15.1. The normalized spacial score (nSPS) is 36.8. The second-order valence-corrected chi connectivity index (χ2v) is 18.5. The van der Waals surface area contributed by atoms with Crippen molar-refractivity contribution in [1.29, 1.82) is 0 Å². The van der Waals surface area contributed by atoms with Crippen LogP contribution in [0.1, 0.15) is 74.0 Å². The number of ketones is 1. The van der Waals surface area contributed by atoms with Crippen LogP contribution in [0.5, 0.6) is 0 Å². The molecule has 6 nitrogen and oxygen atoms in total. The number of Topliss-reactive ketones (excluding diaryl/α,β-unsaturated/α-hetero) is 1. The first-order valence-corrected chi connectivity index (χ1v) is 20.1. The number of carbonyl (C=O) groups excluding carboxylic acids is 1. The summed E-state index contributed by atoms with van der Waals surface area (Å²) in [6.45, 7) is 5.49. The number of aliphatic hydroxyl groups excluding tert-OH is 3. The summed E-state index contributed by atoms with van der Waals surface area (Å²) < 4.78 is 1.10. The summed E-state index contributed by atoms with van der Waals surface area (Å²) in [7, 11) is 0. The lowest BCUT2D eigenvalue weighted by atomic mass is 9.32. The Balaban J connectivity index is 1.12. The molecule has 0 radical (unpaired) electrons. The van der Waals surface area contributed by atoms with Gasteiger partial charge >= 0.3 is 0 Å². The lowest BCUT2D eigenvalue weighted by Gasteiger charge is -2.71. The average Bonchev–Trinajstić information content (AvgIpc) is 3.69. The van der Waals surface area contributed by atoms with Gasteiger partial charge in [0.1, 0.15) is 0 Å². The molecule has 6 aliphatic rings. The van der Waals surface area contributed by atoms with Crippen LogP contribution < -0.4 is 0 Å². The first-order valence-electron chi connectivity index (χ1n) is 19.3. The summed E-state index contributed by atoms with van der Waals surface area (Å²) in [4.78, 5) is 18.0. The summed E-state index contributed by atoms with van der Waals surface area (Å²) in [5, 5.41) is 48.3. The highest BCUT2D eigenvalue weighted by Gasteiger charge is 2.74. The lowest BCUT2D eigenvalue weighted by molar-refractivity contribution is -0.177. The fourth-order valence-electron chi connectivity index (χ4n) is 12.4. The van der Waals surface area contributed by atoms with Crippen LogP contribution in [0.3, 0.4) is 0 Å². The van der Waals surface area contributed by atoms with E-state index < -0.39 is 28.6 Å². The van der Waals surface area contributed by atoms with Crippen LogP contribution in [0.15, 0.2) is 96.6 Å². The van der Waals surface area contributed by atoms with Gasteiger partial charge in [-0.3, -0.25) is 9.69 Å². The molecule has 9 atom stereocenters. The molecule has 2 bridgehead atoms. The molecule has 0 amide bonds. The Bertz CT molecular complexity index is 2080. The molecule has 9 unspecified atom stereocenters. The molecule has 3 fully saturated rings. The molecule has 10 rings (SSSR count). The molecule has 272 valence electrons. The smallest absolute Gasteiger partial charge is 0.199 e. The monoisotopic (exact) mass is 717 g/mol. The van der Waals surface area contributed by atoms with Crippen molar-refractivity contribution in [1.82, 2.24) is 4.90 Å². The van der Waals surface area contributed by atoms with Gasteiger partial charge in [0.2, 0.25) is 0 Å². The van der Waals surface area contributed by atoms with Crippen molar-refractivity contribution in [2.45, 2.75) is 83.1 Å². The predicted molar refractivity (Wildman–Crippen MR) is 207 cm³/mol. The van der Waals surface area contributed by atoms with E-state index in [1.807, 2.05) is 24.3 Å². The van der Waals surface area contributed by atoms with Gasteiger partial charge in [-0.25, -0.2) is 0 Å². The van der Waals surface area contributed by atoms with E-state index in [0.717, 1.165) is 69.0 Å². The van der Waals surface area contributed by atoms with Crippen molar-refractivity contribution >= 4 is 38.0 Å². The Kier molecular flexibility index (Phi) is 8.10. The SMILES string of the molecule is CC12CCC(O)CC13C=CC1(C(C(=O)c4cc5ccccc5s4)=C3)C2CCC2(C)C1CCC2(O)CN(Cc1cccc2ccccc12)CC(O)CO. The molecule has 0 saturated heterocycles. The maximum Gasteiger partial charge on any atom is 0.199 e. The maximum atomic E-state index is 15.1. The zero-order valence-electron chi connectivity index (χ0n) is 30.3. The number of benzene rings is 3. The fourth-order valence-corrected chi connectivity index (χ4v) is 13.4. The summed E-state index contributed by atoms with van der Waals surface area (Å²) >= 11 is 1.57.